The van der Waals surface area contributed by atoms with Gasteiger partial charge in [-0.25, -0.2) is 0 Å². The van der Waals surface area contributed by atoms with Crippen molar-refractivity contribution in [2.45, 2.75) is 12.5 Å². The topological polar surface area (TPSA) is 26.7 Å². The first kappa shape index (κ1) is 12.7. The average Bonchev–Trinajstić information content (AvgIpc) is 2.63. The molecule has 1 unspecified atom stereocenters. The van der Waals surface area contributed by atoms with Gasteiger partial charge in [0.25, 0.3) is 0 Å². The van der Waals surface area contributed by atoms with Crippen LogP contribution in [-0.2, 0) is 6.42 Å². The largest absolute Gasteiger partial charge is 0.508 e. The van der Waals surface area contributed by atoms with Crippen molar-refractivity contribution in [2.24, 2.45) is 0 Å². The Morgan fingerprint density at radius 2 is 1.90 bits per heavy atom. The lowest BCUT2D eigenvalue weighted by atomic mass is 9.96. The van der Waals surface area contributed by atoms with E-state index in [1.165, 1.54) is 16.8 Å². The van der Waals surface area contributed by atoms with Crippen LogP contribution in [0, 0.1) is 0 Å². The Kier molecular flexibility index (Phi) is 2.89. The third kappa shape index (κ3) is 2.00. The molecule has 1 atom stereocenters. The summed E-state index contributed by atoms with van der Waals surface area (Å²) in [5.74, 6) is 0.418. The molecule has 1 saturated heterocycles. The highest BCUT2D eigenvalue weighted by molar-refractivity contribution is 5.64. The van der Waals surface area contributed by atoms with Gasteiger partial charge in [-0.05, 0) is 30.3 Å². The van der Waals surface area contributed by atoms with E-state index in [9.17, 15) is 5.11 Å². The van der Waals surface area contributed by atoms with Crippen molar-refractivity contribution in [2.75, 3.05) is 31.6 Å². The summed E-state index contributed by atoms with van der Waals surface area (Å²) in [5.41, 5.74) is 5.00. The number of hydrogen-bond donors (Lipinski definition) is 1. The fraction of sp³-hybridized carbons (Fsp3) is 0.333. The van der Waals surface area contributed by atoms with Crippen molar-refractivity contribution in [1.29, 1.82) is 0 Å². The molecule has 2 aromatic carbocycles. The summed E-state index contributed by atoms with van der Waals surface area (Å²) in [5, 5.41) is 10.3. The SMILES string of the molecule is CN1CCN2c3cccc(O)c3Cc3ccccc3C2C1. The summed E-state index contributed by atoms with van der Waals surface area (Å²) in [7, 11) is 2.19. The zero-order valence-corrected chi connectivity index (χ0v) is 12.3. The second-order valence-corrected chi connectivity index (χ2v) is 6.12. The van der Waals surface area contributed by atoms with Crippen LogP contribution in [-0.4, -0.2) is 36.7 Å². The number of likely N-dealkylation sites (N-methyl/N-ethyl adjacent to an activating group) is 1. The van der Waals surface area contributed by atoms with E-state index < -0.39 is 0 Å². The molecule has 0 radical (unpaired) electrons. The van der Waals surface area contributed by atoms with Crippen LogP contribution in [0.1, 0.15) is 22.7 Å². The van der Waals surface area contributed by atoms with E-state index in [0.29, 0.717) is 11.8 Å². The number of nitrogens with zero attached hydrogens (tertiary/aromatic N) is 2. The molecule has 0 aromatic heterocycles. The molecule has 3 heteroatoms. The van der Waals surface area contributed by atoms with Gasteiger partial charge in [0.05, 0.1) is 6.04 Å². The minimum Gasteiger partial charge on any atom is -0.508 e. The molecule has 0 bridgehead atoms. The summed E-state index contributed by atoms with van der Waals surface area (Å²) >= 11 is 0. The van der Waals surface area contributed by atoms with Crippen LogP contribution in [0.15, 0.2) is 42.5 Å². The lowest BCUT2D eigenvalue weighted by Crippen LogP contribution is -2.46. The van der Waals surface area contributed by atoms with Gasteiger partial charge in [0.15, 0.2) is 0 Å². The Morgan fingerprint density at radius 1 is 1.05 bits per heavy atom. The van der Waals surface area contributed by atoms with Crippen LogP contribution in [0.2, 0.25) is 0 Å². The zero-order valence-electron chi connectivity index (χ0n) is 12.3. The molecule has 2 aliphatic rings. The first-order chi connectivity index (χ1) is 10.2. The summed E-state index contributed by atoms with van der Waals surface area (Å²) in [4.78, 5) is 4.87. The van der Waals surface area contributed by atoms with E-state index in [1.807, 2.05) is 6.07 Å². The predicted octanol–water partition coefficient (Wildman–Crippen LogP) is 2.79. The van der Waals surface area contributed by atoms with Gasteiger partial charge in [-0.2, -0.15) is 0 Å². The minimum atomic E-state index is 0.378. The first-order valence-electron chi connectivity index (χ1n) is 7.58. The zero-order chi connectivity index (χ0) is 14.4. The second kappa shape index (κ2) is 4.78. The highest BCUT2D eigenvalue weighted by Crippen LogP contribution is 2.41. The van der Waals surface area contributed by atoms with Gasteiger partial charge in [-0.1, -0.05) is 30.3 Å². The fourth-order valence-corrected chi connectivity index (χ4v) is 3.70. The van der Waals surface area contributed by atoms with Gasteiger partial charge in [-0.15, -0.1) is 0 Å². The normalized spacial score (nSPS) is 21.2. The maximum absolute atomic E-state index is 10.3. The number of aromatic hydroxyl groups is 1. The summed E-state index contributed by atoms with van der Waals surface area (Å²) < 4.78 is 0. The van der Waals surface area contributed by atoms with E-state index in [2.05, 4.69) is 47.2 Å². The third-order valence-corrected chi connectivity index (χ3v) is 4.80. The molecule has 0 spiro atoms. The maximum Gasteiger partial charge on any atom is 0.121 e. The van der Waals surface area contributed by atoms with Gasteiger partial charge in [0, 0.05) is 37.3 Å². The van der Waals surface area contributed by atoms with E-state index in [-0.39, 0.29) is 0 Å². The molecular weight excluding hydrogens is 260 g/mol. The minimum absolute atomic E-state index is 0.378. The molecule has 108 valence electrons. The summed E-state index contributed by atoms with van der Waals surface area (Å²) in [6, 6.07) is 15.0. The molecule has 3 nitrogen and oxygen atoms in total. The van der Waals surface area contributed by atoms with E-state index in [0.717, 1.165) is 31.6 Å². The standard InChI is InChI=1S/C18H20N2O/c1-19-9-10-20-16-7-4-8-18(21)15(16)11-13-5-2-3-6-14(13)17(20)12-19/h2-8,17,21H,9-12H2,1H3. The molecule has 2 aliphatic heterocycles. The lowest BCUT2D eigenvalue weighted by molar-refractivity contribution is 0.269. The van der Waals surface area contributed by atoms with E-state index >= 15 is 0 Å². The molecule has 1 N–H and O–H groups in total. The molecule has 4 rings (SSSR count). The molecule has 0 amide bonds. The Bertz CT molecular complexity index is 683. The lowest BCUT2D eigenvalue weighted by Gasteiger charge is -2.41. The monoisotopic (exact) mass is 280 g/mol. The van der Waals surface area contributed by atoms with Gasteiger partial charge < -0.3 is 14.9 Å². The summed E-state index contributed by atoms with van der Waals surface area (Å²) in [6.45, 7) is 3.10. The van der Waals surface area contributed by atoms with Crippen LogP contribution < -0.4 is 4.90 Å². The van der Waals surface area contributed by atoms with Crippen molar-refractivity contribution in [3.05, 3.63) is 59.2 Å². The number of phenols is 1. The Hall–Kier alpha value is -2.00. The van der Waals surface area contributed by atoms with Crippen LogP contribution in [0.5, 0.6) is 5.75 Å². The van der Waals surface area contributed by atoms with Crippen molar-refractivity contribution >= 4 is 5.69 Å². The maximum atomic E-state index is 10.3. The van der Waals surface area contributed by atoms with Crippen molar-refractivity contribution in [1.82, 2.24) is 4.90 Å². The quantitative estimate of drug-likeness (QED) is 0.804. The average molecular weight is 280 g/mol. The molecule has 21 heavy (non-hydrogen) atoms. The van der Waals surface area contributed by atoms with Gasteiger partial charge in [0.1, 0.15) is 5.75 Å². The Labute approximate surface area is 125 Å². The van der Waals surface area contributed by atoms with Crippen molar-refractivity contribution in [3.8, 4) is 5.75 Å². The molecule has 2 aromatic rings. The highest BCUT2D eigenvalue weighted by Gasteiger charge is 2.32. The number of benzene rings is 2. The third-order valence-electron chi connectivity index (χ3n) is 4.80. The first-order valence-corrected chi connectivity index (χ1v) is 7.58. The number of rotatable bonds is 0. The van der Waals surface area contributed by atoms with Crippen LogP contribution >= 0.6 is 0 Å². The number of anilines is 1. The summed E-state index contributed by atoms with van der Waals surface area (Å²) in [6.07, 6.45) is 0.814. The highest BCUT2D eigenvalue weighted by atomic mass is 16.3. The fourth-order valence-electron chi connectivity index (χ4n) is 3.70. The van der Waals surface area contributed by atoms with Crippen LogP contribution in [0.4, 0.5) is 5.69 Å². The number of hydrogen-bond acceptors (Lipinski definition) is 3. The number of fused-ring (bicyclic) bond motifs is 5. The predicted molar refractivity (Wildman–Crippen MR) is 84.9 cm³/mol. The Balaban J connectivity index is 1.93. The van der Waals surface area contributed by atoms with E-state index in [1.54, 1.807) is 6.07 Å². The second-order valence-electron chi connectivity index (χ2n) is 6.12. The molecule has 0 aliphatic carbocycles. The Morgan fingerprint density at radius 3 is 2.81 bits per heavy atom. The van der Waals surface area contributed by atoms with Crippen molar-refractivity contribution < 1.29 is 5.11 Å². The number of phenolic OH excluding ortho intramolecular Hbond substituents is 1. The van der Waals surface area contributed by atoms with Crippen LogP contribution in [0.3, 0.4) is 0 Å². The van der Waals surface area contributed by atoms with E-state index in [4.69, 9.17) is 0 Å². The van der Waals surface area contributed by atoms with Crippen LogP contribution in [0.25, 0.3) is 0 Å². The van der Waals surface area contributed by atoms with Gasteiger partial charge in [0.2, 0.25) is 0 Å². The van der Waals surface area contributed by atoms with Crippen molar-refractivity contribution in [3.63, 3.8) is 0 Å². The van der Waals surface area contributed by atoms with Gasteiger partial charge in [-0.3, -0.25) is 0 Å². The van der Waals surface area contributed by atoms with Gasteiger partial charge >= 0.3 is 0 Å². The number of piperazine rings is 1. The molecule has 0 saturated carbocycles. The molecule has 1 fully saturated rings. The smallest absolute Gasteiger partial charge is 0.121 e. The molecule has 2 heterocycles. The molecular formula is C18H20N2O.